The zero-order valence-electron chi connectivity index (χ0n) is 11.6. The predicted octanol–water partition coefficient (Wildman–Crippen LogP) is 1.99. The van der Waals surface area contributed by atoms with Gasteiger partial charge in [-0.05, 0) is 31.5 Å². The molecule has 1 aromatic rings. The summed E-state index contributed by atoms with van der Waals surface area (Å²) in [6.07, 6.45) is 2.22. The van der Waals surface area contributed by atoms with E-state index in [2.05, 4.69) is 18.6 Å². The van der Waals surface area contributed by atoms with Crippen molar-refractivity contribution < 1.29 is 13.2 Å². The van der Waals surface area contributed by atoms with Crippen molar-refractivity contribution in [2.75, 3.05) is 19.4 Å². The number of benzene rings is 1. The maximum absolute atomic E-state index is 11.7. The summed E-state index contributed by atoms with van der Waals surface area (Å²) in [5, 5.41) is 0. The number of anilines is 1. The molecule has 1 atom stereocenters. The number of nitrogen functional groups attached to an aromatic ring is 1. The number of ether oxygens (including phenoxy) is 1. The van der Waals surface area contributed by atoms with Gasteiger partial charge in [-0.25, -0.2) is 13.1 Å². The average molecular weight is 286 g/mol. The SMILES string of the molecule is CCCC(C)COc1ccc(S(=O)(=O)NC)c(N)c1. The lowest BCUT2D eigenvalue weighted by atomic mass is 10.1. The van der Waals surface area contributed by atoms with Crippen molar-refractivity contribution in [1.29, 1.82) is 0 Å². The maximum atomic E-state index is 11.7. The lowest BCUT2D eigenvalue weighted by molar-refractivity contribution is 0.251. The van der Waals surface area contributed by atoms with Crippen LogP contribution in [0.15, 0.2) is 23.1 Å². The molecule has 0 radical (unpaired) electrons. The second-order valence-corrected chi connectivity index (χ2v) is 6.47. The molecule has 3 N–H and O–H groups in total. The highest BCUT2D eigenvalue weighted by Crippen LogP contribution is 2.24. The number of rotatable bonds is 7. The smallest absolute Gasteiger partial charge is 0.242 e. The normalized spacial score (nSPS) is 13.2. The summed E-state index contributed by atoms with van der Waals surface area (Å²) in [6.45, 7) is 4.85. The minimum Gasteiger partial charge on any atom is -0.493 e. The summed E-state index contributed by atoms with van der Waals surface area (Å²) in [5.74, 6) is 1.06. The van der Waals surface area contributed by atoms with E-state index >= 15 is 0 Å². The van der Waals surface area contributed by atoms with Crippen LogP contribution in [0.2, 0.25) is 0 Å². The van der Waals surface area contributed by atoms with Crippen molar-refractivity contribution >= 4 is 15.7 Å². The quantitative estimate of drug-likeness (QED) is 0.751. The molecule has 19 heavy (non-hydrogen) atoms. The number of hydrogen-bond acceptors (Lipinski definition) is 4. The third-order valence-corrected chi connectivity index (χ3v) is 4.34. The number of nitrogens with two attached hydrogens (primary N) is 1. The van der Waals surface area contributed by atoms with E-state index in [-0.39, 0.29) is 10.6 Å². The Morgan fingerprint density at radius 2 is 2.11 bits per heavy atom. The number of nitrogens with one attached hydrogen (secondary N) is 1. The van der Waals surface area contributed by atoms with Crippen LogP contribution >= 0.6 is 0 Å². The third-order valence-electron chi connectivity index (χ3n) is 2.86. The predicted molar refractivity (Wildman–Crippen MR) is 76.7 cm³/mol. The first-order chi connectivity index (χ1) is 8.90. The molecule has 1 aromatic carbocycles. The van der Waals surface area contributed by atoms with E-state index in [9.17, 15) is 8.42 Å². The minimum atomic E-state index is -3.52. The Morgan fingerprint density at radius 1 is 1.42 bits per heavy atom. The van der Waals surface area contributed by atoms with Crippen molar-refractivity contribution in [3.63, 3.8) is 0 Å². The fourth-order valence-electron chi connectivity index (χ4n) is 1.79. The largest absolute Gasteiger partial charge is 0.493 e. The van der Waals surface area contributed by atoms with Gasteiger partial charge >= 0.3 is 0 Å². The Morgan fingerprint density at radius 3 is 2.63 bits per heavy atom. The van der Waals surface area contributed by atoms with Gasteiger partial charge in [0.15, 0.2) is 0 Å². The molecule has 5 nitrogen and oxygen atoms in total. The van der Waals surface area contributed by atoms with Crippen LogP contribution in [0.3, 0.4) is 0 Å². The maximum Gasteiger partial charge on any atom is 0.242 e. The van der Waals surface area contributed by atoms with E-state index in [4.69, 9.17) is 10.5 Å². The molecule has 6 heteroatoms. The van der Waals surface area contributed by atoms with Gasteiger partial charge in [0.25, 0.3) is 0 Å². The highest BCUT2D eigenvalue weighted by Gasteiger charge is 2.15. The van der Waals surface area contributed by atoms with Gasteiger partial charge in [0, 0.05) is 6.07 Å². The first-order valence-electron chi connectivity index (χ1n) is 6.36. The van der Waals surface area contributed by atoms with Gasteiger partial charge < -0.3 is 10.5 Å². The van der Waals surface area contributed by atoms with Gasteiger partial charge in [0.1, 0.15) is 10.6 Å². The van der Waals surface area contributed by atoms with Gasteiger partial charge in [-0.3, -0.25) is 0 Å². The third kappa shape index (κ3) is 4.40. The Balaban J connectivity index is 2.78. The van der Waals surface area contributed by atoms with Crippen LogP contribution in [0.5, 0.6) is 5.75 Å². The van der Waals surface area contributed by atoms with Crippen LogP contribution in [0.25, 0.3) is 0 Å². The second kappa shape index (κ2) is 6.77. The second-order valence-electron chi connectivity index (χ2n) is 4.61. The molecule has 1 rings (SSSR count). The molecule has 0 saturated heterocycles. The standard InChI is InChI=1S/C13H22N2O3S/c1-4-5-10(2)9-18-11-6-7-13(12(14)8-11)19(16,17)15-3/h6-8,10,15H,4-5,9,14H2,1-3H3. The molecule has 108 valence electrons. The van der Waals surface area contributed by atoms with E-state index in [0.29, 0.717) is 18.3 Å². The molecule has 0 aliphatic rings. The van der Waals surface area contributed by atoms with E-state index in [1.54, 1.807) is 12.1 Å². The van der Waals surface area contributed by atoms with E-state index in [1.165, 1.54) is 13.1 Å². The fourth-order valence-corrected chi connectivity index (χ4v) is 2.62. The van der Waals surface area contributed by atoms with Gasteiger partial charge in [-0.15, -0.1) is 0 Å². The molecule has 1 unspecified atom stereocenters. The summed E-state index contributed by atoms with van der Waals surface area (Å²) in [7, 11) is -2.16. The van der Waals surface area contributed by atoms with Gasteiger partial charge in [-0.2, -0.15) is 0 Å². The van der Waals surface area contributed by atoms with Crippen molar-refractivity contribution in [2.45, 2.75) is 31.6 Å². The number of sulfonamides is 1. The van der Waals surface area contributed by atoms with Crippen LogP contribution in [-0.4, -0.2) is 22.1 Å². The molecule has 0 aromatic heterocycles. The zero-order valence-corrected chi connectivity index (χ0v) is 12.5. The van der Waals surface area contributed by atoms with Gasteiger partial charge in [-0.1, -0.05) is 20.3 Å². The molecular formula is C13H22N2O3S. The Bertz CT molecular complexity index is 515. The van der Waals surface area contributed by atoms with Gasteiger partial charge in [0.05, 0.1) is 12.3 Å². The van der Waals surface area contributed by atoms with Crippen molar-refractivity contribution in [1.82, 2.24) is 4.72 Å². The first kappa shape index (κ1) is 15.8. The highest BCUT2D eigenvalue weighted by atomic mass is 32.2. The molecule has 0 saturated carbocycles. The van der Waals surface area contributed by atoms with E-state index < -0.39 is 10.0 Å². The van der Waals surface area contributed by atoms with Crippen LogP contribution in [0, 0.1) is 5.92 Å². The average Bonchev–Trinajstić information content (AvgIpc) is 2.36. The monoisotopic (exact) mass is 286 g/mol. The Hall–Kier alpha value is -1.27. The molecular weight excluding hydrogens is 264 g/mol. The lowest BCUT2D eigenvalue weighted by Gasteiger charge is -2.13. The molecule has 0 amide bonds. The Labute approximate surface area is 115 Å². The van der Waals surface area contributed by atoms with Crippen molar-refractivity contribution in [2.24, 2.45) is 5.92 Å². The summed E-state index contributed by atoms with van der Waals surface area (Å²) in [4.78, 5) is 0.0731. The zero-order chi connectivity index (χ0) is 14.5. The van der Waals surface area contributed by atoms with Crippen LogP contribution in [0.4, 0.5) is 5.69 Å². The summed E-state index contributed by atoms with van der Waals surface area (Å²) in [5.41, 5.74) is 5.94. The van der Waals surface area contributed by atoms with Crippen molar-refractivity contribution in [3.8, 4) is 5.75 Å². The van der Waals surface area contributed by atoms with Crippen LogP contribution < -0.4 is 15.2 Å². The molecule has 0 fully saturated rings. The minimum absolute atomic E-state index is 0.0731. The highest BCUT2D eigenvalue weighted by molar-refractivity contribution is 7.89. The van der Waals surface area contributed by atoms with Crippen LogP contribution in [-0.2, 0) is 10.0 Å². The Kier molecular flexibility index (Phi) is 5.62. The molecule has 0 spiro atoms. The molecule has 0 heterocycles. The van der Waals surface area contributed by atoms with Gasteiger partial charge in [0.2, 0.25) is 10.0 Å². The topological polar surface area (TPSA) is 81.4 Å². The van der Waals surface area contributed by atoms with E-state index in [1.807, 2.05) is 0 Å². The fraction of sp³-hybridized carbons (Fsp3) is 0.538. The summed E-state index contributed by atoms with van der Waals surface area (Å²) < 4.78 is 31.1. The first-order valence-corrected chi connectivity index (χ1v) is 7.85. The van der Waals surface area contributed by atoms with Crippen molar-refractivity contribution in [3.05, 3.63) is 18.2 Å². The lowest BCUT2D eigenvalue weighted by Crippen LogP contribution is -2.20. The van der Waals surface area contributed by atoms with Crippen LogP contribution in [0.1, 0.15) is 26.7 Å². The van der Waals surface area contributed by atoms with E-state index in [0.717, 1.165) is 12.8 Å². The molecule has 0 bridgehead atoms. The molecule has 0 aliphatic carbocycles. The number of hydrogen-bond donors (Lipinski definition) is 2. The summed E-state index contributed by atoms with van der Waals surface area (Å²) >= 11 is 0. The summed E-state index contributed by atoms with van der Waals surface area (Å²) in [6, 6.07) is 4.63. The molecule has 0 aliphatic heterocycles.